The van der Waals surface area contributed by atoms with Crippen LogP contribution in [0.5, 0.6) is 5.75 Å². The molecule has 0 unspecified atom stereocenters. The van der Waals surface area contributed by atoms with E-state index in [1.54, 1.807) is 11.3 Å². The van der Waals surface area contributed by atoms with E-state index in [4.69, 9.17) is 4.74 Å². The van der Waals surface area contributed by atoms with Gasteiger partial charge in [-0.1, -0.05) is 0 Å². The monoisotopic (exact) mass is 265 g/mol. The largest absolute Gasteiger partial charge is 0.491 e. The molecule has 0 fully saturated rings. The van der Waals surface area contributed by atoms with E-state index in [1.165, 1.54) is 0 Å². The molecule has 0 spiro atoms. The van der Waals surface area contributed by atoms with Crippen LogP contribution < -0.4 is 4.74 Å². The first-order valence-corrected chi connectivity index (χ1v) is 7.02. The fraction of sp³-hybridized carbons (Fsp3) is 0.308. The van der Waals surface area contributed by atoms with Gasteiger partial charge in [-0.2, -0.15) is 12.6 Å². The maximum atomic E-state index is 5.60. The Labute approximate surface area is 111 Å². The summed E-state index contributed by atoms with van der Waals surface area (Å²) in [5.74, 6) is 1.58. The second-order valence-electron chi connectivity index (χ2n) is 3.99. The molecule has 0 bridgehead atoms. The van der Waals surface area contributed by atoms with Gasteiger partial charge in [0.2, 0.25) is 0 Å². The summed E-state index contributed by atoms with van der Waals surface area (Å²) >= 11 is 5.86. The van der Waals surface area contributed by atoms with Crippen LogP contribution in [0.4, 0.5) is 0 Å². The van der Waals surface area contributed by atoms with Gasteiger partial charge in [0.25, 0.3) is 0 Å². The Morgan fingerprint density at radius 2 is 2.00 bits per heavy atom. The van der Waals surface area contributed by atoms with Crippen molar-refractivity contribution in [3.8, 4) is 16.3 Å². The van der Waals surface area contributed by atoms with Crippen LogP contribution >= 0.6 is 24.0 Å². The molecule has 1 heterocycles. The van der Waals surface area contributed by atoms with Crippen LogP contribution in [-0.4, -0.2) is 11.1 Å². The van der Waals surface area contributed by atoms with Gasteiger partial charge < -0.3 is 4.74 Å². The van der Waals surface area contributed by atoms with Crippen molar-refractivity contribution in [1.29, 1.82) is 0 Å². The third-order valence-electron chi connectivity index (χ3n) is 2.19. The van der Waals surface area contributed by atoms with Crippen LogP contribution in [0.2, 0.25) is 0 Å². The van der Waals surface area contributed by atoms with E-state index in [-0.39, 0.29) is 6.10 Å². The molecule has 0 saturated heterocycles. The van der Waals surface area contributed by atoms with Crippen molar-refractivity contribution in [2.45, 2.75) is 25.7 Å². The highest BCUT2D eigenvalue weighted by molar-refractivity contribution is 7.79. The van der Waals surface area contributed by atoms with E-state index in [2.05, 4.69) is 17.6 Å². The van der Waals surface area contributed by atoms with Crippen molar-refractivity contribution >= 4 is 24.0 Å². The molecule has 2 rings (SSSR count). The predicted octanol–water partition coefficient (Wildman–Crippen LogP) is 4.03. The van der Waals surface area contributed by atoms with E-state index in [1.807, 2.05) is 43.5 Å². The van der Waals surface area contributed by atoms with Crippen molar-refractivity contribution in [2.75, 3.05) is 0 Å². The summed E-state index contributed by atoms with van der Waals surface area (Å²) in [4.78, 5) is 4.49. The molecule has 4 heteroatoms. The van der Waals surface area contributed by atoms with Gasteiger partial charge in [-0.15, -0.1) is 11.3 Å². The van der Waals surface area contributed by atoms with Gasteiger partial charge in [-0.25, -0.2) is 4.98 Å². The third-order valence-corrected chi connectivity index (χ3v) is 3.45. The van der Waals surface area contributed by atoms with Crippen LogP contribution in [0.1, 0.15) is 19.5 Å². The van der Waals surface area contributed by atoms with Gasteiger partial charge in [-0.05, 0) is 38.1 Å². The molecule has 2 aromatic rings. The Balaban J connectivity index is 2.17. The highest BCUT2D eigenvalue weighted by Crippen LogP contribution is 2.26. The van der Waals surface area contributed by atoms with Crippen molar-refractivity contribution < 1.29 is 4.74 Å². The van der Waals surface area contributed by atoms with Gasteiger partial charge in [0, 0.05) is 16.7 Å². The molecule has 0 aliphatic rings. The molecule has 0 saturated carbocycles. The molecule has 0 atom stereocenters. The van der Waals surface area contributed by atoms with Crippen molar-refractivity contribution in [3.05, 3.63) is 35.3 Å². The summed E-state index contributed by atoms with van der Waals surface area (Å²) in [5, 5.41) is 3.08. The number of thiol groups is 1. The zero-order valence-corrected chi connectivity index (χ0v) is 11.6. The fourth-order valence-corrected chi connectivity index (χ4v) is 2.57. The minimum Gasteiger partial charge on any atom is -0.491 e. The first-order chi connectivity index (χ1) is 8.19. The average Bonchev–Trinajstić information content (AvgIpc) is 2.78. The molecule has 0 aliphatic heterocycles. The van der Waals surface area contributed by atoms with Crippen molar-refractivity contribution in [2.24, 2.45) is 0 Å². The molecule has 0 amide bonds. The summed E-state index contributed by atoms with van der Waals surface area (Å²) in [6.07, 6.45) is 0.205. The SMILES string of the molecule is CC(C)Oc1ccc(-c2nc(CS)cs2)cc1. The summed E-state index contributed by atoms with van der Waals surface area (Å²) in [5.41, 5.74) is 2.15. The number of nitrogens with zero attached hydrogens (tertiary/aromatic N) is 1. The van der Waals surface area contributed by atoms with E-state index < -0.39 is 0 Å². The summed E-state index contributed by atoms with van der Waals surface area (Å²) in [7, 11) is 0. The number of ether oxygens (including phenoxy) is 1. The van der Waals surface area contributed by atoms with Crippen LogP contribution in [0.15, 0.2) is 29.6 Å². The van der Waals surface area contributed by atoms with Gasteiger partial charge in [-0.3, -0.25) is 0 Å². The minimum absolute atomic E-state index is 0.205. The zero-order valence-electron chi connectivity index (χ0n) is 9.88. The Bertz CT molecular complexity index is 476. The van der Waals surface area contributed by atoms with Crippen molar-refractivity contribution in [1.82, 2.24) is 4.98 Å². The number of hydrogen-bond acceptors (Lipinski definition) is 4. The minimum atomic E-state index is 0.205. The van der Waals surface area contributed by atoms with E-state index in [9.17, 15) is 0 Å². The molecule has 0 N–H and O–H groups in total. The summed E-state index contributed by atoms with van der Waals surface area (Å²) in [6, 6.07) is 8.05. The number of hydrogen-bond donors (Lipinski definition) is 1. The predicted molar refractivity (Wildman–Crippen MR) is 76.0 cm³/mol. The number of aromatic nitrogens is 1. The normalized spacial score (nSPS) is 10.8. The smallest absolute Gasteiger partial charge is 0.123 e. The second-order valence-corrected chi connectivity index (χ2v) is 5.17. The standard InChI is InChI=1S/C13H15NOS2/c1-9(2)15-12-5-3-10(4-6-12)13-14-11(7-16)8-17-13/h3-6,8-9,16H,7H2,1-2H3. The van der Waals surface area contributed by atoms with Crippen LogP contribution in [0, 0.1) is 0 Å². The molecule has 1 aromatic carbocycles. The van der Waals surface area contributed by atoms with Gasteiger partial charge in [0.15, 0.2) is 0 Å². The molecule has 2 nitrogen and oxygen atoms in total. The summed E-state index contributed by atoms with van der Waals surface area (Å²) < 4.78 is 5.60. The van der Waals surface area contributed by atoms with Crippen LogP contribution in [-0.2, 0) is 5.75 Å². The second kappa shape index (κ2) is 5.56. The maximum absolute atomic E-state index is 5.60. The van der Waals surface area contributed by atoms with Crippen LogP contribution in [0.3, 0.4) is 0 Å². The van der Waals surface area contributed by atoms with Crippen molar-refractivity contribution in [3.63, 3.8) is 0 Å². The average molecular weight is 265 g/mol. The Morgan fingerprint density at radius 3 is 2.53 bits per heavy atom. The zero-order chi connectivity index (χ0) is 12.3. The molecule has 0 aliphatic carbocycles. The lowest BCUT2D eigenvalue weighted by Gasteiger charge is -2.09. The lowest BCUT2D eigenvalue weighted by atomic mass is 10.2. The Hall–Kier alpha value is -1.00. The molecular weight excluding hydrogens is 250 g/mol. The third kappa shape index (κ3) is 3.23. The Morgan fingerprint density at radius 1 is 1.29 bits per heavy atom. The summed E-state index contributed by atoms with van der Waals surface area (Å²) in [6.45, 7) is 4.04. The Kier molecular flexibility index (Phi) is 4.07. The van der Waals surface area contributed by atoms with Gasteiger partial charge in [0.05, 0.1) is 11.8 Å². The van der Waals surface area contributed by atoms with Gasteiger partial charge in [0.1, 0.15) is 10.8 Å². The van der Waals surface area contributed by atoms with E-state index in [0.29, 0.717) is 5.75 Å². The molecule has 90 valence electrons. The molecule has 1 aromatic heterocycles. The molecule has 0 radical (unpaired) electrons. The topological polar surface area (TPSA) is 22.1 Å². The van der Waals surface area contributed by atoms with E-state index in [0.717, 1.165) is 22.0 Å². The fourth-order valence-electron chi connectivity index (χ4n) is 1.46. The lowest BCUT2D eigenvalue weighted by Crippen LogP contribution is -2.05. The van der Waals surface area contributed by atoms with Gasteiger partial charge >= 0.3 is 0 Å². The number of thiazole rings is 1. The number of rotatable bonds is 4. The molecule has 17 heavy (non-hydrogen) atoms. The number of benzene rings is 1. The first kappa shape index (κ1) is 12.5. The first-order valence-electron chi connectivity index (χ1n) is 5.51. The quantitative estimate of drug-likeness (QED) is 0.843. The highest BCUT2D eigenvalue weighted by atomic mass is 32.1. The van der Waals surface area contributed by atoms with Crippen LogP contribution in [0.25, 0.3) is 10.6 Å². The van der Waals surface area contributed by atoms with E-state index >= 15 is 0 Å². The lowest BCUT2D eigenvalue weighted by molar-refractivity contribution is 0.242. The maximum Gasteiger partial charge on any atom is 0.123 e. The molecular formula is C13H15NOS2. The highest BCUT2D eigenvalue weighted by Gasteiger charge is 2.04.